The van der Waals surface area contributed by atoms with Gasteiger partial charge in [0.1, 0.15) is 12.4 Å². The minimum Gasteiger partial charge on any atom is -0.489 e. The van der Waals surface area contributed by atoms with E-state index in [-0.39, 0.29) is 5.91 Å². The summed E-state index contributed by atoms with van der Waals surface area (Å²) in [6.45, 7) is 5.59. The van der Waals surface area contributed by atoms with E-state index in [2.05, 4.69) is 29.7 Å². The van der Waals surface area contributed by atoms with Gasteiger partial charge in [-0.15, -0.1) is 0 Å². The van der Waals surface area contributed by atoms with E-state index >= 15 is 0 Å². The lowest BCUT2D eigenvalue weighted by atomic mass is 9.96. The van der Waals surface area contributed by atoms with E-state index in [1.54, 1.807) is 0 Å². The highest BCUT2D eigenvalue weighted by molar-refractivity contribution is 5.78. The van der Waals surface area contributed by atoms with Gasteiger partial charge in [0, 0.05) is 6.54 Å². The molecule has 4 heteroatoms. The fourth-order valence-electron chi connectivity index (χ4n) is 3.51. The summed E-state index contributed by atoms with van der Waals surface area (Å²) in [5.74, 6) is 1.57. The molecule has 4 nitrogen and oxygen atoms in total. The first-order valence-electron chi connectivity index (χ1n) is 9.94. The number of benzene rings is 2. The third kappa shape index (κ3) is 6.40. The number of piperidine rings is 1. The zero-order valence-electron chi connectivity index (χ0n) is 16.2. The van der Waals surface area contributed by atoms with Gasteiger partial charge in [-0.2, -0.15) is 0 Å². The Hall–Kier alpha value is -2.33. The van der Waals surface area contributed by atoms with E-state index in [4.69, 9.17) is 4.74 Å². The van der Waals surface area contributed by atoms with Crippen molar-refractivity contribution < 1.29 is 9.53 Å². The van der Waals surface area contributed by atoms with Crippen molar-refractivity contribution in [2.45, 2.75) is 39.2 Å². The number of nitrogens with one attached hydrogen (secondary N) is 2. The van der Waals surface area contributed by atoms with Crippen LogP contribution >= 0.6 is 0 Å². The quantitative estimate of drug-likeness (QED) is 0.750. The molecule has 0 aliphatic carbocycles. The maximum atomic E-state index is 12.2. The van der Waals surface area contributed by atoms with E-state index in [0.717, 1.165) is 37.4 Å². The molecule has 1 heterocycles. The lowest BCUT2D eigenvalue weighted by molar-refractivity contribution is -0.120. The second-order valence-corrected chi connectivity index (χ2v) is 7.39. The number of hydrogen-bond donors (Lipinski definition) is 2. The zero-order valence-corrected chi connectivity index (χ0v) is 16.2. The lowest BCUT2D eigenvalue weighted by Gasteiger charge is -2.22. The molecule has 1 amide bonds. The van der Waals surface area contributed by atoms with Crippen molar-refractivity contribution in [1.29, 1.82) is 0 Å². The van der Waals surface area contributed by atoms with Gasteiger partial charge in [0.15, 0.2) is 0 Å². The minimum atomic E-state index is 0.0785. The number of hydrogen-bond acceptors (Lipinski definition) is 3. The molecule has 0 radical (unpaired) electrons. The molecular weight excluding hydrogens is 336 g/mol. The average Bonchev–Trinajstić information content (AvgIpc) is 2.68. The van der Waals surface area contributed by atoms with Crippen molar-refractivity contribution in [3.05, 3.63) is 65.2 Å². The van der Waals surface area contributed by atoms with Crippen LogP contribution in [0.3, 0.4) is 0 Å². The number of aryl methyl sites for hydroxylation is 1. The van der Waals surface area contributed by atoms with Gasteiger partial charge < -0.3 is 15.4 Å². The fraction of sp³-hybridized carbons (Fsp3) is 0.435. The van der Waals surface area contributed by atoms with Crippen LogP contribution in [-0.2, 0) is 17.8 Å². The summed E-state index contributed by atoms with van der Waals surface area (Å²) in [5.41, 5.74) is 3.38. The Kier molecular flexibility index (Phi) is 7.28. The molecule has 0 saturated carbocycles. The molecule has 0 bridgehead atoms. The summed E-state index contributed by atoms with van der Waals surface area (Å²) < 4.78 is 5.92. The zero-order chi connectivity index (χ0) is 18.9. The number of amides is 1. The first kappa shape index (κ1) is 19.4. The molecule has 1 saturated heterocycles. The number of carbonyl (C=O) groups excluding carboxylic acids is 1. The van der Waals surface area contributed by atoms with Gasteiger partial charge in [-0.05, 0) is 74.0 Å². The van der Waals surface area contributed by atoms with Crippen molar-refractivity contribution in [3.63, 3.8) is 0 Å². The van der Waals surface area contributed by atoms with Crippen LogP contribution in [0.1, 0.15) is 36.0 Å². The second kappa shape index (κ2) is 10.1. The van der Waals surface area contributed by atoms with E-state index in [0.29, 0.717) is 18.9 Å². The Morgan fingerprint density at radius 3 is 2.93 bits per heavy atom. The molecule has 3 rings (SSSR count). The van der Waals surface area contributed by atoms with Crippen LogP contribution in [0.5, 0.6) is 5.75 Å². The molecule has 2 aromatic rings. The van der Waals surface area contributed by atoms with Gasteiger partial charge in [-0.3, -0.25) is 4.79 Å². The van der Waals surface area contributed by atoms with Crippen LogP contribution in [0, 0.1) is 12.8 Å². The summed E-state index contributed by atoms with van der Waals surface area (Å²) in [4.78, 5) is 12.2. The predicted octanol–water partition coefficient (Wildman–Crippen LogP) is 3.62. The Labute approximate surface area is 162 Å². The monoisotopic (exact) mass is 366 g/mol. The highest BCUT2D eigenvalue weighted by Gasteiger charge is 2.13. The smallest absolute Gasteiger partial charge is 0.224 e. The number of rotatable bonds is 8. The summed E-state index contributed by atoms with van der Waals surface area (Å²) >= 11 is 0. The van der Waals surface area contributed by atoms with Crippen LogP contribution in [-0.4, -0.2) is 25.5 Å². The Balaban J connectivity index is 1.44. The van der Waals surface area contributed by atoms with Crippen LogP contribution in [0.2, 0.25) is 0 Å². The third-order valence-corrected chi connectivity index (χ3v) is 5.19. The molecule has 1 fully saturated rings. The highest BCUT2D eigenvalue weighted by Crippen LogP contribution is 2.17. The molecule has 2 N–H and O–H groups in total. The summed E-state index contributed by atoms with van der Waals surface area (Å²) in [6.07, 6.45) is 3.96. The van der Waals surface area contributed by atoms with Gasteiger partial charge >= 0.3 is 0 Å². The summed E-state index contributed by atoms with van der Waals surface area (Å²) in [5, 5.41) is 6.48. The normalized spacial score (nSPS) is 16.7. The van der Waals surface area contributed by atoms with Crippen molar-refractivity contribution in [3.8, 4) is 5.75 Å². The Morgan fingerprint density at radius 2 is 2.11 bits per heavy atom. The van der Waals surface area contributed by atoms with E-state index < -0.39 is 0 Å². The second-order valence-electron chi connectivity index (χ2n) is 7.39. The van der Waals surface area contributed by atoms with Crippen LogP contribution in [0.15, 0.2) is 48.5 Å². The first-order chi connectivity index (χ1) is 13.2. The van der Waals surface area contributed by atoms with Crippen molar-refractivity contribution in [2.24, 2.45) is 5.92 Å². The maximum absolute atomic E-state index is 12.2. The fourth-order valence-corrected chi connectivity index (χ4v) is 3.51. The third-order valence-electron chi connectivity index (χ3n) is 5.19. The van der Waals surface area contributed by atoms with Gasteiger partial charge in [-0.25, -0.2) is 0 Å². The molecule has 1 aliphatic rings. The van der Waals surface area contributed by atoms with Crippen molar-refractivity contribution >= 4 is 5.91 Å². The van der Waals surface area contributed by atoms with E-state index in [1.165, 1.54) is 24.0 Å². The van der Waals surface area contributed by atoms with Crippen molar-refractivity contribution in [1.82, 2.24) is 10.6 Å². The van der Waals surface area contributed by atoms with Crippen molar-refractivity contribution in [2.75, 3.05) is 19.6 Å². The highest BCUT2D eigenvalue weighted by atomic mass is 16.5. The molecule has 1 atom stereocenters. The summed E-state index contributed by atoms with van der Waals surface area (Å²) in [6, 6.07) is 16.0. The first-order valence-corrected chi connectivity index (χ1v) is 9.94. The lowest BCUT2D eigenvalue weighted by Crippen LogP contribution is -2.33. The number of carbonyl (C=O) groups is 1. The van der Waals surface area contributed by atoms with Crippen LogP contribution in [0.25, 0.3) is 0 Å². The predicted molar refractivity (Wildman–Crippen MR) is 109 cm³/mol. The van der Waals surface area contributed by atoms with E-state index in [1.807, 2.05) is 36.4 Å². The van der Waals surface area contributed by atoms with Gasteiger partial charge in [0.25, 0.3) is 0 Å². The van der Waals surface area contributed by atoms with Gasteiger partial charge in [0.2, 0.25) is 5.91 Å². The van der Waals surface area contributed by atoms with Gasteiger partial charge in [-0.1, -0.05) is 36.4 Å². The molecule has 144 valence electrons. The molecule has 0 aromatic heterocycles. The molecule has 2 aromatic carbocycles. The van der Waals surface area contributed by atoms with Crippen LogP contribution < -0.4 is 15.4 Å². The van der Waals surface area contributed by atoms with Gasteiger partial charge in [0.05, 0.1) is 6.42 Å². The molecule has 1 unspecified atom stereocenters. The topological polar surface area (TPSA) is 50.4 Å². The molecule has 27 heavy (non-hydrogen) atoms. The SMILES string of the molecule is Cc1ccccc1COc1cccc(CC(=O)NCCC2CCCNC2)c1. The number of ether oxygens (including phenoxy) is 1. The van der Waals surface area contributed by atoms with E-state index in [9.17, 15) is 4.79 Å². The minimum absolute atomic E-state index is 0.0785. The molecule has 1 aliphatic heterocycles. The Morgan fingerprint density at radius 1 is 1.22 bits per heavy atom. The standard InChI is InChI=1S/C23H30N2O2/c1-18-6-2-3-9-21(18)17-27-22-10-4-7-20(14-22)15-23(26)25-13-11-19-8-5-12-24-16-19/h2-4,6-7,9-10,14,19,24H,5,8,11-13,15-17H2,1H3,(H,25,26). The molecular formula is C23H30N2O2. The summed E-state index contributed by atoms with van der Waals surface area (Å²) in [7, 11) is 0. The largest absolute Gasteiger partial charge is 0.489 e. The average molecular weight is 367 g/mol. The Bertz CT molecular complexity index is 739. The molecule has 0 spiro atoms. The van der Waals surface area contributed by atoms with Crippen LogP contribution in [0.4, 0.5) is 0 Å². The maximum Gasteiger partial charge on any atom is 0.224 e.